The van der Waals surface area contributed by atoms with E-state index in [4.69, 9.17) is 30.3 Å². The minimum absolute atomic E-state index is 0.0183. The number of halogens is 1. The standard InChI is InChI=1S/C22H25N4O4P.C18H17N4O4P.C3H9BrSi/c1-4-29-31(28,30-5-2)18-12-10-17(11-13-18)25-22(27)20-21(23)24-14-19(26-20)16-8-6-15(3)7-9-16;1-11-2-4-12(5-3-11)15-10-20-17(19)16(22-15)18(23)21-13-6-8-14(9-7-13)27(24,25)26;1-5(2,3)4/h6-14H,4-5H2,1-3H3,(H2,23,24)(H,25,27);2-10H,1H3,(H2,19,20)(H,21,23)(H2,24,25,26);1-3H3. The Morgan fingerprint density at radius 3 is 1.29 bits per heavy atom. The van der Waals surface area contributed by atoms with E-state index in [1.807, 2.05) is 62.4 Å². The molecule has 0 unspecified atom stereocenters. The highest BCUT2D eigenvalue weighted by molar-refractivity contribution is 9.26. The number of aryl methyl sites for hydroxylation is 2. The Hall–Kier alpha value is -5.42. The third kappa shape index (κ3) is 15.4. The van der Waals surface area contributed by atoms with Crippen molar-refractivity contribution in [1.82, 2.24) is 19.9 Å². The van der Waals surface area contributed by atoms with E-state index >= 15 is 0 Å². The summed E-state index contributed by atoms with van der Waals surface area (Å²) in [7, 11) is -7.73. The molecule has 20 heteroatoms. The normalized spacial score (nSPS) is 11.3. The zero-order chi connectivity index (χ0) is 46.5. The molecule has 0 atom stereocenters. The van der Waals surface area contributed by atoms with Crippen LogP contribution in [-0.2, 0) is 18.2 Å². The van der Waals surface area contributed by atoms with Crippen LogP contribution in [0.1, 0.15) is 46.0 Å². The quantitative estimate of drug-likeness (QED) is 0.0382. The van der Waals surface area contributed by atoms with Gasteiger partial charge in [0, 0.05) is 22.5 Å². The number of hydrogen-bond acceptors (Lipinski definition) is 12. The average Bonchev–Trinajstić information content (AvgIpc) is 3.22. The number of rotatable bonds is 12. The highest BCUT2D eigenvalue weighted by Crippen LogP contribution is 2.46. The van der Waals surface area contributed by atoms with Gasteiger partial charge >= 0.3 is 15.2 Å². The Labute approximate surface area is 375 Å². The van der Waals surface area contributed by atoms with Gasteiger partial charge in [0.2, 0.25) is 0 Å². The van der Waals surface area contributed by atoms with Crippen molar-refractivity contribution >= 4 is 82.6 Å². The van der Waals surface area contributed by atoms with Crippen LogP contribution in [0.2, 0.25) is 19.6 Å². The van der Waals surface area contributed by atoms with Crippen molar-refractivity contribution in [2.75, 3.05) is 35.3 Å². The smallest absolute Gasteiger partial charge is 0.361 e. The molecule has 0 saturated heterocycles. The Bertz CT molecular complexity index is 2580. The van der Waals surface area contributed by atoms with Crippen LogP contribution in [0.25, 0.3) is 22.5 Å². The van der Waals surface area contributed by atoms with Crippen molar-refractivity contribution in [2.45, 2.75) is 47.3 Å². The van der Waals surface area contributed by atoms with Gasteiger partial charge < -0.3 is 40.9 Å². The molecular weight excluding hydrogens is 926 g/mol. The van der Waals surface area contributed by atoms with Crippen LogP contribution in [0.4, 0.5) is 23.0 Å². The molecule has 332 valence electrons. The van der Waals surface area contributed by atoms with Crippen LogP contribution in [0.5, 0.6) is 0 Å². The van der Waals surface area contributed by atoms with Gasteiger partial charge in [-0.1, -0.05) is 79.3 Å². The van der Waals surface area contributed by atoms with Gasteiger partial charge in [-0.2, -0.15) is 0 Å². The molecule has 0 aliphatic rings. The summed E-state index contributed by atoms with van der Waals surface area (Å²) in [4.78, 5) is 60.4. The molecule has 2 amide bonds. The van der Waals surface area contributed by atoms with Crippen LogP contribution < -0.4 is 32.7 Å². The lowest BCUT2D eigenvalue weighted by molar-refractivity contribution is 0.101. The largest absolute Gasteiger partial charge is 0.382 e. The number of amides is 2. The van der Waals surface area contributed by atoms with Crippen LogP contribution in [-0.4, -0.2) is 61.4 Å². The van der Waals surface area contributed by atoms with Crippen molar-refractivity contribution in [3.05, 3.63) is 132 Å². The van der Waals surface area contributed by atoms with Crippen LogP contribution in [0, 0.1) is 13.8 Å². The number of nitrogens with two attached hydrogens (primary N) is 2. The van der Waals surface area contributed by atoms with E-state index in [9.17, 15) is 18.7 Å². The number of hydrogen-bond donors (Lipinski definition) is 6. The maximum Gasteiger partial charge on any atom is 0.361 e. The molecule has 0 fully saturated rings. The van der Waals surface area contributed by atoms with Crippen molar-refractivity contribution in [1.29, 1.82) is 0 Å². The number of anilines is 4. The number of carbonyl (C=O) groups is 2. The molecule has 4 aromatic carbocycles. The summed E-state index contributed by atoms with van der Waals surface area (Å²) >= 11 is 3.51. The summed E-state index contributed by atoms with van der Waals surface area (Å²) in [5, 5.41) is 5.60. The zero-order valence-corrected chi connectivity index (χ0v) is 40.2. The molecule has 6 aromatic rings. The number of nitrogens with zero attached hydrogens (tertiary/aromatic N) is 4. The van der Waals surface area contributed by atoms with Crippen molar-refractivity contribution < 1.29 is 37.6 Å². The molecule has 0 bridgehead atoms. The minimum Gasteiger partial charge on any atom is -0.382 e. The lowest BCUT2D eigenvalue weighted by Gasteiger charge is -2.17. The molecule has 8 N–H and O–H groups in total. The highest BCUT2D eigenvalue weighted by atomic mass is 79.9. The number of nitrogen functional groups attached to an aromatic ring is 2. The van der Waals surface area contributed by atoms with Gasteiger partial charge in [0.25, 0.3) is 11.8 Å². The van der Waals surface area contributed by atoms with Crippen LogP contribution in [0.3, 0.4) is 0 Å². The maximum atomic E-state index is 12.8. The van der Waals surface area contributed by atoms with Gasteiger partial charge in [0.15, 0.2) is 23.0 Å². The molecule has 63 heavy (non-hydrogen) atoms. The Kier molecular flexibility index (Phi) is 17.8. The summed E-state index contributed by atoms with van der Waals surface area (Å²) in [6, 6.07) is 27.0. The lowest BCUT2D eigenvalue weighted by atomic mass is 10.1. The molecule has 0 radical (unpaired) electrons. The van der Waals surface area contributed by atoms with Crippen LogP contribution in [0.15, 0.2) is 109 Å². The Morgan fingerprint density at radius 2 is 0.968 bits per heavy atom. The topological polar surface area (TPSA) is 255 Å². The van der Waals surface area contributed by atoms with Gasteiger partial charge in [0.05, 0.1) is 47.6 Å². The number of aromatic nitrogens is 4. The fourth-order valence-corrected chi connectivity index (χ4v) is 7.34. The van der Waals surface area contributed by atoms with E-state index in [1.54, 1.807) is 38.1 Å². The minimum atomic E-state index is -4.34. The second-order valence-electron chi connectivity index (χ2n) is 14.7. The van der Waals surface area contributed by atoms with E-state index in [1.165, 1.54) is 36.7 Å². The van der Waals surface area contributed by atoms with E-state index in [-0.39, 0.29) is 41.5 Å². The first-order chi connectivity index (χ1) is 29.6. The third-order valence-corrected chi connectivity index (χ3v) is 11.3. The highest BCUT2D eigenvalue weighted by Gasteiger charge is 2.27. The Morgan fingerprint density at radius 1 is 0.635 bits per heavy atom. The molecule has 16 nitrogen and oxygen atoms in total. The molecule has 6 rings (SSSR count). The predicted octanol–water partition coefficient (Wildman–Crippen LogP) is 8.48. The fraction of sp³-hybridized carbons (Fsp3) is 0.209. The number of carbonyl (C=O) groups excluding carboxylic acids is 2. The molecular formula is C43H51BrN8O8P2Si. The molecule has 2 aromatic heterocycles. The SMILES string of the molecule is CCOP(=O)(OCC)c1ccc(NC(=O)c2nc(-c3ccc(C)cc3)cnc2N)cc1.C[Si](C)(C)Br.Cc1ccc(-c2cnc(N)c(C(=O)Nc3ccc(P(=O)(O)O)cc3)n2)cc1. The first-order valence-electron chi connectivity index (χ1n) is 19.5. The van der Waals surface area contributed by atoms with E-state index in [0.29, 0.717) is 28.1 Å². The number of nitrogens with one attached hydrogen (secondary N) is 2. The fourth-order valence-electron chi connectivity index (χ4n) is 5.23. The van der Waals surface area contributed by atoms with Crippen molar-refractivity contribution in [3.8, 4) is 22.5 Å². The predicted molar refractivity (Wildman–Crippen MR) is 256 cm³/mol. The van der Waals surface area contributed by atoms with Crippen molar-refractivity contribution in [2.24, 2.45) is 0 Å². The second-order valence-corrected chi connectivity index (χ2v) is 29.6. The van der Waals surface area contributed by atoms with Gasteiger partial charge in [-0.25, -0.2) is 19.9 Å². The summed E-state index contributed by atoms with van der Waals surface area (Å²) in [6.07, 6.45) is 3.02. The maximum absolute atomic E-state index is 12.8. The monoisotopic (exact) mass is 976 g/mol. The summed E-state index contributed by atoms with van der Waals surface area (Å²) < 4.78 is 34.7. The first kappa shape index (κ1) is 50.2. The van der Waals surface area contributed by atoms with Gasteiger partial charge in [-0.15, -0.1) is 15.3 Å². The van der Waals surface area contributed by atoms with Gasteiger partial charge in [-0.05, 0) is 76.2 Å². The average molecular weight is 978 g/mol. The third-order valence-electron chi connectivity index (χ3n) is 8.23. The van der Waals surface area contributed by atoms with E-state index in [0.717, 1.165) is 22.3 Å². The van der Waals surface area contributed by atoms with Gasteiger partial charge in [0.1, 0.15) is 6.69 Å². The molecule has 0 aliphatic heterocycles. The summed E-state index contributed by atoms with van der Waals surface area (Å²) in [5.41, 5.74) is 17.4. The van der Waals surface area contributed by atoms with Crippen LogP contribution >= 0.6 is 30.5 Å². The number of benzene rings is 4. The van der Waals surface area contributed by atoms with Gasteiger partial charge in [-0.3, -0.25) is 18.7 Å². The van der Waals surface area contributed by atoms with E-state index in [2.05, 4.69) is 65.5 Å². The summed E-state index contributed by atoms with van der Waals surface area (Å²) in [6.45, 7) is 13.9. The molecule has 2 heterocycles. The Balaban J connectivity index is 0.000000252. The lowest BCUT2D eigenvalue weighted by Crippen LogP contribution is -2.18. The van der Waals surface area contributed by atoms with Crippen molar-refractivity contribution in [3.63, 3.8) is 0 Å². The molecule has 0 spiro atoms. The first-order valence-corrected chi connectivity index (χ1v) is 28.4. The zero-order valence-electron chi connectivity index (χ0n) is 35.9. The second kappa shape index (κ2) is 22.3. The summed E-state index contributed by atoms with van der Waals surface area (Å²) in [5.74, 6) is -1.06. The van der Waals surface area contributed by atoms with E-state index < -0.39 is 33.7 Å². The molecule has 0 aliphatic carbocycles. The molecule has 0 saturated carbocycles.